The Morgan fingerprint density at radius 1 is 1.30 bits per heavy atom. The first-order valence-corrected chi connectivity index (χ1v) is 11.1. The number of halogens is 2. The van der Waals surface area contributed by atoms with Crippen LogP contribution in [-0.4, -0.2) is 56.4 Å². The molecule has 160 valence electrons. The van der Waals surface area contributed by atoms with Crippen molar-refractivity contribution < 1.29 is 29.0 Å². The van der Waals surface area contributed by atoms with Gasteiger partial charge >= 0.3 is 11.9 Å². The molecular weight excluding hydrogens is 475 g/mol. The molecule has 3 rings (SSSR count). The summed E-state index contributed by atoms with van der Waals surface area (Å²) in [4.78, 5) is 49.5. The maximum atomic E-state index is 12.8. The molecular formula is C18H16Cl2N2O6S2. The molecule has 12 heteroatoms. The predicted octanol–water partition coefficient (Wildman–Crippen LogP) is 2.73. The minimum Gasteiger partial charge on any atom is -0.477 e. The fourth-order valence-electron chi connectivity index (χ4n) is 2.99. The van der Waals surface area contributed by atoms with Crippen LogP contribution in [-0.2, 0) is 23.9 Å². The van der Waals surface area contributed by atoms with Crippen LogP contribution in [0.5, 0.6) is 0 Å². The Kier molecular flexibility index (Phi) is 6.91. The highest BCUT2D eigenvalue weighted by Crippen LogP contribution is 2.50. The van der Waals surface area contributed by atoms with E-state index >= 15 is 0 Å². The highest BCUT2D eigenvalue weighted by Gasteiger charge is 2.56. The monoisotopic (exact) mass is 490 g/mol. The Morgan fingerprint density at radius 3 is 2.60 bits per heavy atom. The van der Waals surface area contributed by atoms with Crippen molar-refractivity contribution in [2.24, 2.45) is 0 Å². The number of ether oxygens (including phenoxy) is 1. The summed E-state index contributed by atoms with van der Waals surface area (Å²) in [6, 6.07) is 4.86. The van der Waals surface area contributed by atoms with Gasteiger partial charge in [0.25, 0.3) is 0 Å². The Balaban J connectivity index is 1.95. The second-order valence-electron chi connectivity index (χ2n) is 6.39. The summed E-state index contributed by atoms with van der Waals surface area (Å²) < 4.78 is 4.97. The molecule has 2 aliphatic rings. The van der Waals surface area contributed by atoms with Crippen LogP contribution in [0, 0.1) is 0 Å². The number of esters is 1. The quantitative estimate of drug-likeness (QED) is 0.462. The van der Waals surface area contributed by atoms with Crippen molar-refractivity contribution in [2.75, 3.05) is 6.61 Å². The third kappa shape index (κ3) is 4.56. The number of nitrogens with one attached hydrogen (secondary N) is 1. The van der Waals surface area contributed by atoms with Gasteiger partial charge in [0, 0.05) is 29.3 Å². The third-order valence-corrected chi connectivity index (χ3v) is 7.84. The van der Waals surface area contributed by atoms with Crippen LogP contribution < -0.4 is 5.32 Å². The zero-order chi connectivity index (χ0) is 22.2. The molecule has 2 amide bonds. The summed E-state index contributed by atoms with van der Waals surface area (Å²) >= 11 is 14.6. The lowest BCUT2D eigenvalue weighted by atomic mass is 10.1. The summed E-state index contributed by atoms with van der Waals surface area (Å²) in [6.45, 7) is 2.12. The van der Waals surface area contributed by atoms with Crippen LogP contribution >= 0.6 is 46.7 Å². The number of benzene rings is 1. The van der Waals surface area contributed by atoms with Gasteiger partial charge in [-0.05, 0) is 18.2 Å². The minimum atomic E-state index is -1.35. The number of β-lactam (4-membered cyclic amide) rings is 1. The second kappa shape index (κ2) is 9.09. The van der Waals surface area contributed by atoms with E-state index in [2.05, 4.69) is 5.32 Å². The van der Waals surface area contributed by atoms with Gasteiger partial charge in [-0.15, -0.1) is 23.5 Å². The minimum absolute atomic E-state index is 0.131. The summed E-state index contributed by atoms with van der Waals surface area (Å²) in [5.41, 5.74) is -0.162. The lowest BCUT2D eigenvalue weighted by Gasteiger charge is -2.51. The number of hydrogen-bond acceptors (Lipinski definition) is 7. The number of carbonyl (C=O) groups is 4. The lowest BCUT2D eigenvalue weighted by molar-refractivity contribution is -0.146. The molecule has 0 aliphatic carbocycles. The van der Waals surface area contributed by atoms with Gasteiger partial charge in [0.15, 0.2) is 0 Å². The second-order valence-corrected chi connectivity index (χ2v) is 9.64. The molecule has 0 aromatic heterocycles. The number of hydrogen-bond donors (Lipinski definition) is 2. The highest BCUT2D eigenvalue weighted by molar-refractivity contribution is 8.05. The fraction of sp³-hybridized carbons (Fsp3) is 0.333. The van der Waals surface area contributed by atoms with Gasteiger partial charge in [-0.2, -0.15) is 0 Å². The largest absolute Gasteiger partial charge is 0.477 e. The van der Waals surface area contributed by atoms with E-state index in [0.717, 1.165) is 4.90 Å². The molecule has 2 unspecified atom stereocenters. The molecule has 1 aromatic carbocycles. The first kappa shape index (κ1) is 22.8. The number of carbonyl (C=O) groups excluding carboxylic acids is 3. The normalized spacial score (nSPS) is 22.9. The zero-order valence-electron chi connectivity index (χ0n) is 15.7. The van der Waals surface area contributed by atoms with E-state index in [0.29, 0.717) is 14.9 Å². The van der Waals surface area contributed by atoms with Crippen LogP contribution in [0.25, 0.3) is 0 Å². The van der Waals surface area contributed by atoms with Crippen LogP contribution in [0.15, 0.2) is 34.4 Å². The highest BCUT2D eigenvalue weighted by atomic mass is 35.5. The number of nitrogens with zero attached hydrogens (tertiary/aromatic N) is 1. The molecule has 1 aromatic rings. The molecule has 1 saturated heterocycles. The first-order valence-electron chi connectivity index (χ1n) is 8.57. The first-order chi connectivity index (χ1) is 14.1. The molecule has 0 saturated carbocycles. The summed E-state index contributed by atoms with van der Waals surface area (Å²) in [6.07, 6.45) is 0. The van der Waals surface area contributed by atoms with E-state index < -0.39 is 39.8 Å². The van der Waals surface area contributed by atoms with Gasteiger partial charge in [-0.3, -0.25) is 19.3 Å². The van der Waals surface area contributed by atoms with Crippen LogP contribution in [0.4, 0.5) is 0 Å². The summed E-state index contributed by atoms with van der Waals surface area (Å²) in [5.74, 6) is -2.78. The van der Waals surface area contributed by atoms with Crippen molar-refractivity contribution >= 4 is 70.5 Å². The topological polar surface area (TPSA) is 113 Å². The van der Waals surface area contributed by atoms with E-state index in [4.69, 9.17) is 27.9 Å². The molecule has 30 heavy (non-hydrogen) atoms. The summed E-state index contributed by atoms with van der Waals surface area (Å²) in [5, 5.41) is 11.3. The van der Waals surface area contributed by atoms with Gasteiger partial charge in [0.1, 0.15) is 28.3 Å². The molecule has 0 bridgehead atoms. The van der Waals surface area contributed by atoms with Crippen LogP contribution in [0.1, 0.15) is 13.8 Å². The SMILES string of the molecule is CC(=O)NC1S[C@@H]2C(Sc3cc(Cl)ccc3Cl)C(=O)N2C(C(=O)O)=C1COC(C)=O. The average Bonchev–Trinajstić information content (AvgIpc) is 2.65. The number of carboxylic acid groups (broad SMARTS) is 1. The number of rotatable bonds is 6. The van der Waals surface area contributed by atoms with E-state index in [1.54, 1.807) is 18.2 Å². The number of thioether (sulfide) groups is 2. The van der Waals surface area contributed by atoms with E-state index in [1.807, 2.05) is 0 Å². The average molecular weight is 491 g/mol. The van der Waals surface area contributed by atoms with Crippen molar-refractivity contribution in [3.8, 4) is 0 Å². The number of carboxylic acids is 1. The van der Waals surface area contributed by atoms with Crippen molar-refractivity contribution in [1.29, 1.82) is 0 Å². The van der Waals surface area contributed by atoms with Crippen molar-refractivity contribution in [3.05, 3.63) is 39.5 Å². The smallest absolute Gasteiger partial charge is 0.352 e. The number of aliphatic carboxylic acids is 1. The van der Waals surface area contributed by atoms with Gasteiger partial charge < -0.3 is 15.2 Å². The van der Waals surface area contributed by atoms with Crippen molar-refractivity contribution in [2.45, 2.75) is 34.7 Å². The van der Waals surface area contributed by atoms with Gasteiger partial charge in [0.05, 0.1) is 5.02 Å². The Bertz CT molecular complexity index is 970. The molecule has 2 heterocycles. The number of amides is 2. The molecule has 3 atom stereocenters. The summed E-state index contributed by atoms with van der Waals surface area (Å²) in [7, 11) is 0. The Labute approximate surface area is 190 Å². The Hall–Kier alpha value is -1.88. The van der Waals surface area contributed by atoms with Crippen LogP contribution in [0.3, 0.4) is 0 Å². The molecule has 8 nitrogen and oxygen atoms in total. The van der Waals surface area contributed by atoms with Gasteiger partial charge in [-0.1, -0.05) is 23.2 Å². The molecule has 2 aliphatic heterocycles. The maximum Gasteiger partial charge on any atom is 0.352 e. The molecule has 0 radical (unpaired) electrons. The van der Waals surface area contributed by atoms with Crippen molar-refractivity contribution in [3.63, 3.8) is 0 Å². The fourth-order valence-corrected chi connectivity index (χ4v) is 6.39. The molecule has 1 fully saturated rings. The van der Waals surface area contributed by atoms with E-state index in [1.165, 1.54) is 37.4 Å². The van der Waals surface area contributed by atoms with Crippen molar-refractivity contribution in [1.82, 2.24) is 10.2 Å². The van der Waals surface area contributed by atoms with E-state index in [-0.39, 0.29) is 17.9 Å². The van der Waals surface area contributed by atoms with E-state index in [9.17, 15) is 24.3 Å². The Morgan fingerprint density at radius 2 is 2.00 bits per heavy atom. The number of fused-ring (bicyclic) bond motifs is 1. The predicted molar refractivity (Wildman–Crippen MR) is 113 cm³/mol. The third-order valence-electron chi connectivity index (χ3n) is 4.25. The zero-order valence-corrected chi connectivity index (χ0v) is 18.8. The van der Waals surface area contributed by atoms with Crippen LogP contribution in [0.2, 0.25) is 10.0 Å². The van der Waals surface area contributed by atoms with Gasteiger partial charge in [0.2, 0.25) is 11.8 Å². The van der Waals surface area contributed by atoms with Gasteiger partial charge in [-0.25, -0.2) is 4.79 Å². The maximum absolute atomic E-state index is 12.8. The molecule has 0 spiro atoms. The standard InChI is InChI=1S/C18H16Cl2N2O6S2/c1-7(23)21-15-10(6-28-8(2)24)13(18(26)27)22-16(25)14(17(22)30-15)29-12-5-9(19)3-4-11(12)20/h3-5,14-15,17H,6H2,1-2H3,(H,21,23)(H,26,27)/t14?,15?,17-/m1/s1. The lowest BCUT2D eigenvalue weighted by Crippen LogP contribution is -2.65. The molecule has 2 N–H and O–H groups in total.